The molecule has 0 unspecified atom stereocenters. The van der Waals surface area contributed by atoms with E-state index in [-0.39, 0.29) is 18.0 Å². The summed E-state index contributed by atoms with van der Waals surface area (Å²) in [6, 6.07) is 1.67. The van der Waals surface area contributed by atoms with Gasteiger partial charge in [0.25, 0.3) is 0 Å². The molecule has 2 atom stereocenters. The van der Waals surface area contributed by atoms with Crippen molar-refractivity contribution in [1.29, 1.82) is 0 Å². The number of hydrogen-bond acceptors (Lipinski definition) is 5. The molecule has 0 spiro atoms. The minimum atomic E-state index is -0.855. The highest BCUT2D eigenvalue weighted by Gasteiger charge is 2.54. The summed E-state index contributed by atoms with van der Waals surface area (Å²) in [5.74, 6) is -0.384. The molecule has 0 aromatic carbocycles. The third-order valence-corrected chi connectivity index (χ3v) is 5.15. The highest BCUT2D eigenvalue weighted by Crippen LogP contribution is 2.43. The molecule has 3 rings (SSSR count). The van der Waals surface area contributed by atoms with Gasteiger partial charge in [0.1, 0.15) is 0 Å². The summed E-state index contributed by atoms with van der Waals surface area (Å²) in [7, 11) is 0. The second kappa shape index (κ2) is 6.85. The third-order valence-electron chi connectivity index (χ3n) is 5.15. The molecule has 2 aliphatic rings. The van der Waals surface area contributed by atoms with E-state index in [0.29, 0.717) is 45.0 Å². The number of carboxylic acids is 1. The Hall–Kier alpha value is -2.38. The van der Waals surface area contributed by atoms with Crippen molar-refractivity contribution in [2.24, 2.45) is 11.3 Å². The number of amides is 2. The largest absolute Gasteiger partial charge is 0.481 e. The summed E-state index contributed by atoms with van der Waals surface area (Å²) in [6.45, 7) is 5.79. The first-order valence-corrected chi connectivity index (χ1v) is 8.73. The first-order chi connectivity index (χ1) is 11.9. The Kier molecular flexibility index (Phi) is 4.78. The number of nitrogens with zero attached hydrogens (tertiary/aromatic N) is 4. The molecule has 136 valence electrons. The fourth-order valence-corrected chi connectivity index (χ4v) is 3.91. The second-order valence-electron chi connectivity index (χ2n) is 7.24. The van der Waals surface area contributed by atoms with Crippen LogP contribution in [0.5, 0.6) is 0 Å². The summed E-state index contributed by atoms with van der Waals surface area (Å²) in [4.78, 5) is 36.8. The average Bonchev–Trinajstić information content (AvgIpc) is 2.84. The van der Waals surface area contributed by atoms with E-state index in [2.05, 4.69) is 15.3 Å². The highest BCUT2D eigenvalue weighted by atomic mass is 16.4. The van der Waals surface area contributed by atoms with Crippen LogP contribution in [-0.4, -0.2) is 64.2 Å². The molecule has 2 aliphatic heterocycles. The van der Waals surface area contributed by atoms with Gasteiger partial charge in [0.15, 0.2) is 0 Å². The van der Waals surface area contributed by atoms with Crippen LogP contribution in [0, 0.1) is 11.3 Å². The van der Waals surface area contributed by atoms with E-state index in [9.17, 15) is 14.7 Å². The zero-order valence-corrected chi connectivity index (χ0v) is 14.7. The van der Waals surface area contributed by atoms with Crippen molar-refractivity contribution in [2.75, 3.05) is 31.1 Å². The zero-order valence-electron chi connectivity index (χ0n) is 14.7. The summed E-state index contributed by atoms with van der Waals surface area (Å²) < 4.78 is 0. The number of aromatic nitrogens is 2. The summed E-state index contributed by atoms with van der Waals surface area (Å²) in [6.07, 6.45) is 4.55. The summed E-state index contributed by atoms with van der Waals surface area (Å²) in [5, 5.41) is 12.9. The molecule has 0 saturated carbocycles. The lowest BCUT2D eigenvalue weighted by Crippen LogP contribution is -2.47. The first-order valence-electron chi connectivity index (χ1n) is 8.73. The number of fused-ring (bicyclic) bond motifs is 1. The summed E-state index contributed by atoms with van der Waals surface area (Å²) >= 11 is 0. The summed E-state index contributed by atoms with van der Waals surface area (Å²) in [5.41, 5.74) is -0.855. The zero-order chi connectivity index (χ0) is 18.0. The molecule has 0 radical (unpaired) electrons. The number of carbonyl (C=O) groups is 2. The van der Waals surface area contributed by atoms with Gasteiger partial charge in [-0.3, -0.25) is 4.79 Å². The molecule has 2 saturated heterocycles. The van der Waals surface area contributed by atoms with Gasteiger partial charge in [-0.05, 0) is 32.8 Å². The van der Waals surface area contributed by atoms with Crippen LogP contribution in [0.2, 0.25) is 0 Å². The average molecular weight is 347 g/mol. The monoisotopic (exact) mass is 347 g/mol. The van der Waals surface area contributed by atoms with E-state index in [1.807, 2.05) is 18.7 Å². The Balaban J connectivity index is 1.83. The lowest BCUT2D eigenvalue weighted by molar-refractivity contribution is -0.150. The molecule has 3 heterocycles. The van der Waals surface area contributed by atoms with Crippen LogP contribution in [0.3, 0.4) is 0 Å². The van der Waals surface area contributed by atoms with Crippen LogP contribution in [0.4, 0.5) is 10.7 Å². The van der Waals surface area contributed by atoms with Gasteiger partial charge in [-0.25, -0.2) is 14.8 Å². The molecule has 0 bridgehead atoms. The molecule has 1 aromatic heterocycles. The predicted octanol–water partition coefficient (Wildman–Crippen LogP) is 1.20. The Morgan fingerprint density at radius 1 is 1.32 bits per heavy atom. The Morgan fingerprint density at radius 3 is 2.68 bits per heavy atom. The number of rotatable bonds is 3. The Morgan fingerprint density at radius 2 is 2.04 bits per heavy atom. The van der Waals surface area contributed by atoms with Crippen molar-refractivity contribution in [3.05, 3.63) is 18.5 Å². The fourth-order valence-electron chi connectivity index (χ4n) is 3.91. The van der Waals surface area contributed by atoms with Gasteiger partial charge in [-0.15, -0.1) is 0 Å². The number of aliphatic carboxylic acids is 1. The second-order valence-corrected chi connectivity index (χ2v) is 7.24. The number of nitrogens with one attached hydrogen (secondary N) is 1. The molecule has 2 N–H and O–H groups in total. The van der Waals surface area contributed by atoms with Gasteiger partial charge in [-0.1, -0.05) is 0 Å². The van der Waals surface area contributed by atoms with Gasteiger partial charge in [-0.2, -0.15) is 0 Å². The van der Waals surface area contributed by atoms with Crippen molar-refractivity contribution in [2.45, 2.75) is 32.7 Å². The maximum absolute atomic E-state index is 12.4. The molecule has 8 heteroatoms. The number of carboxylic acid groups (broad SMARTS) is 1. The SMILES string of the molecule is CC(C)NC(=O)N1CCC[C@]2(C(=O)O)CN(c3ncccn3)C[C@@H]2C1. The molecular formula is C17H25N5O3. The van der Waals surface area contributed by atoms with Gasteiger partial charge < -0.3 is 20.2 Å². The van der Waals surface area contributed by atoms with E-state index in [1.54, 1.807) is 23.4 Å². The maximum atomic E-state index is 12.4. The van der Waals surface area contributed by atoms with E-state index in [4.69, 9.17) is 0 Å². The molecule has 8 nitrogen and oxygen atoms in total. The molecule has 25 heavy (non-hydrogen) atoms. The van der Waals surface area contributed by atoms with Crippen LogP contribution in [0.25, 0.3) is 0 Å². The number of carbonyl (C=O) groups excluding carboxylic acids is 1. The van der Waals surface area contributed by atoms with Crippen LogP contribution < -0.4 is 10.2 Å². The Labute approximate surface area is 147 Å². The van der Waals surface area contributed by atoms with E-state index in [1.165, 1.54) is 0 Å². The van der Waals surface area contributed by atoms with Crippen LogP contribution in [-0.2, 0) is 4.79 Å². The fraction of sp³-hybridized carbons (Fsp3) is 0.647. The van der Waals surface area contributed by atoms with Crippen molar-refractivity contribution >= 4 is 17.9 Å². The minimum Gasteiger partial charge on any atom is -0.481 e. The topological polar surface area (TPSA) is 98.7 Å². The third kappa shape index (κ3) is 3.38. The molecule has 0 aliphatic carbocycles. The van der Waals surface area contributed by atoms with Crippen LogP contribution in [0.1, 0.15) is 26.7 Å². The van der Waals surface area contributed by atoms with Crippen LogP contribution in [0.15, 0.2) is 18.5 Å². The standard InChI is InChI=1S/C17H25N5O3/c1-12(2)20-16(25)21-8-3-5-17(14(23)24)11-22(10-13(17)9-21)15-18-6-4-7-19-15/h4,6-7,12-13H,3,5,8-11H2,1-2H3,(H,20,25)(H,23,24)/t13-,17-/m0/s1. The Bertz CT molecular complexity index is 638. The number of likely N-dealkylation sites (tertiary alicyclic amines) is 1. The van der Waals surface area contributed by atoms with E-state index >= 15 is 0 Å². The molecular weight excluding hydrogens is 322 g/mol. The van der Waals surface area contributed by atoms with Crippen molar-refractivity contribution in [3.63, 3.8) is 0 Å². The molecule has 1 aromatic rings. The maximum Gasteiger partial charge on any atom is 0.317 e. The molecule has 2 fully saturated rings. The van der Waals surface area contributed by atoms with E-state index in [0.717, 1.165) is 0 Å². The van der Waals surface area contributed by atoms with Crippen molar-refractivity contribution < 1.29 is 14.7 Å². The quantitative estimate of drug-likeness (QED) is 0.852. The van der Waals surface area contributed by atoms with Crippen molar-refractivity contribution in [1.82, 2.24) is 20.2 Å². The first kappa shape index (κ1) is 17.4. The van der Waals surface area contributed by atoms with Gasteiger partial charge in [0.05, 0.1) is 5.41 Å². The van der Waals surface area contributed by atoms with Gasteiger partial charge >= 0.3 is 12.0 Å². The number of anilines is 1. The molecule has 2 amide bonds. The van der Waals surface area contributed by atoms with Gasteiger partial charge in [0.2, 0.25) is 5.95 Å². The highest BCUT2D eigenvalue weighted by molar-refractivity contribution is 5.78. The van der Waals surface area contributed by atoms with Crippen LogP contribution >= 0.6 is 0 Å². The predicted molar refractivity (Wildman–Crippen MR) is 92.3 cm³/mol. The van der Waals surface area contributed by atoms with Gasteiger partial charge in [0, 0.05) is 50.5 Å². The smallest absolute Gasteiger partial charge is 0.317 e. The normalized spacial score (nSPS) is 26.3. The number of urea groups is 1. The lowest BCUT2D eigenvalue weighted by Gasteiger charge is -2.29. The van der Waals surface area contributed by atoms with Crippen molar-refractivity contribution in [3.8, 4) is 0 Å². The lowest BCUT2D eigenvalue weighted by atomic mass is 9.75. The number of hydrogen-bond donors (Lipinski definition) is 2. The minimum absolute atomic E-state index is 0.0535. The van der Waals surface area contributed by atoms with E-state index < -0.39 is 11.4 Å².